The summed E-state index contributed by atoms with van der Waals surface area (Å²) in [6.45, 7) is 1.99. The number of pyridine rings is 1. The number of halogens is 1. The first-order valence-electron chi connectivity index (χ1n) is 9.54. The van der Waals surface area contributed by atoms with Gasteiger partial charge in [0.15, 0.2) is 0 Å². The molecule has 25 heavy (non-hydrogen) atoms. The molecule has 2 heterocycles. The molecular weight excluding hydrogens is 317 g/mol. The standard InChI is InChI=1S/C20H24FN3O/c1-2-16-18(24-11-15(21)3-4-17(24)22-16)19(25)23-20-8-12-5-13(9-20)7-14(6-12)10-20/h3-4,11-14H,2,5-10H2,1H3,(H,23,25). The maximum atomic E-state index is 13.7. The number of carbonyl (C=O) groups excluding carboxylic acids is 1. The minimum absolute atomic E-state index is 0.0473. The van der Waals surface area contributed by atoms with Gasteiger partial charge in [0.1, 0.15) is 17.2 Å². The quantitative estimate of drug-likeness (QED) is 0.924. The van der Waals surface area contributed by atoms with Crippen LogP contribution in [0.3, 0.4) is 0 Å². The van der Waals surface area contributed by atoms with Crippen LogP contribution >= 0.6 is 0 Å². The van der Waals surface area contributed by atoms with Crippen molar-refractivity contribution in [2.45, 2.75) is 57.4 Å². The van der Waals surface area contributed by atoms with Crippen LogP contribution in [0.5, 0.6) is 0 Å². The van der Waals surface area contributed by atoms with Gasteiger partial charge in [0.05, 0.1) is 5.69 Å². The highest BCUT2D eigenvalue weighted by Gasteiger charge is 2.51. The molecule has 4 aliphatic rings. The number of nitrogens with one attached hydrogen (secondary N) is 1. The van der Waals surface area contributed by atoms with Gasteiger partial charge in [-0.15, -0.1) is 0 Å². The molecule has 1 amide bonds. The Morgan fingerprint density at radius 3 is 2.48 bits per heavy atom. The summed E-state index contributed by atoms with van der Waals surface area (Å²) in [7, 11) is 0. The van der Waals surface area contributed by atoms with Crippen LogP contribution in [0.25, 0.3) is 5.65 Å². The number of hydrogen-bond acceptors (Lipinski definition) is 2. The molecule has 0 aliphatic heterocycles. The molecule has 132 valence electrons. The molecule has 5 heteroatoms. The van der Waals surface area contributed by atoms with Gasteiger partial charge in [0, 0.05) is 11.7 Å². The third-order valence-corrected chi connectivity index (χ3v) is 6.62. The van der Waals surface area contributed by atoms with Crippen LogP contribution in [0.2, 0.25) is 0 Å². The van der Waals surface area contributed by atoms with Crippen LogP contribution in [0.15, 0.2) is 18.3 Å². The molecule has 4 fully saturated rings. The third-order valence-electron chi connectivity index (χ3n) is 6.62. The summed E-state index contributed by atoms with van der Waals surface area (Å²) >= 11 is 0. The molecule has 2 aromatic rings. The third kappa shape index (κ3) is 2.39. The van der Waals surface area contributed by atoms with Crippen LogP contribution in [0.4, 0.5) is 4.39 Å². The monoisotopic (exact) mass is 341 g/mol. The number of amides is 1. The fourth-order valence-corrected chi connectivity index (χ4v) is 6.12. The normalized spacial score (nSPS) is 33.1. The topological polar surface area (TPSA) is 46.4 Å². The van der Waals surface area contributed by atoms with Gasteiger partial charge in [0.25, 0.3) is 5.91 Å². The smallest absolute Gasteiger partial charge is 0.270 e. The number of nitrogens with zero attached hydrogens (tertiary/aromatic N) is 2. The number of aryl methyl sites for hydroxylation is 1. The maximum absolute atomic E-state index is 13.7. The van der Waals surface area contributed by atoms with E-state index < -0.39 is 0 Å². The lowest BCUT2D eigenvalue weighted by molar-refractivity contribution is -0.0168. The van der Waals surface area contributed by atoms with Gasteiger partial charge >= 0.3 is 0 Å². The van der Waals surface area contributed by atoms with Crippen molar-refractivity contribution < 1.29 is 9.18 Å². The van der Waals surface area contributed by atoms with Crippen molar-refractivity contribution in [2.24, 2.45) is 17.8 Å². The van der Waals surface area contributed by atoms with E-state index in [1.807, 2.05) is 6.92 Å². The molecule has 4 aliphatic carbocycles. The predicted octanol–water partition coefficient (Wildman–Crippen LogP) is 3.73. The Bertz CT molecular complexity index is 821. The van der Waals surface area contributed by atoms with E-state index in [-0.39, 0.29) is 17.3 Å². The van der Waals surface area contributed by atoms with Crippen LogP contribution in [0, 0.1) is 23.6 Å². The lowest BCUT2D eigenvalue weighted by atomic mass is 9.53. The fraction of sp³-hybridized carbons (Fsp3) is 0.600. The van der Waals surface area contributed by atoms with Crippen molar-refractivity contribution in [1.82, 2.24) is 14.7 Å². The van der Waals surface area contributed by atoms with E-state index in [1.54, 1.807) is 10.5 Å². The second kappa shape index (κ2) is 5.29. The van der Waals surface area contributed by atoms with E-state index in [0.717, 1.165) is 42.7 Å². The molecule has 1 N–H and O–H groups in total. The first kappa shape index (κ1) is 15.4. The Kier molecular flexibility index (Phi) is 3.25. The Morgan fingerprint density at radius 2 is 1.88 bits per heavy atom. The summed E-state index contributed by atoms with van der Waals surface area (Å²) in [5.74, 6) is 1.89. The van der Waals surface area contributed by atoms with Crippen molar-refractivity contribution in [3.63, 3.8) is 0 Å². The molecule has 0 atom stereocenters. The van der Waals surface area contributed by atoms with Crippen LogP contribution < -0.4 is 5.32 Å². The van der Waals surface area contributed by atoms with Crippen LogP contribution in [0.1, 0.15) is 61.6 Å². The Hall–Kier alpha value is -1.91. The van der Waals surface area contributed by atoms with Gasteiger partial charge in [-0.1, -0.05) is 6.92 Å². The van der Waals surface area contributed by atoms with E-state index in [9.17, 15) is 9.18 Å². The SMILES string of the molecule is CCc1nc2ccc(F)cn2c1C(=O)NC12CC3CC(CC(C3)C1)C2. The largest absolute Gasteiger partial charge is 0.345 e. The molecule has 4 nitrogen and oxygen atoms in total. The second-order valence-corrected chi connectivity index (χ2v) is 8.49. The highest BCUT2D eigenvalue weighted by atomic mass is 19.1. The molecule has 0 saturated heterocycles. The molecule has 0 radical (unpaired) electrons. The lowest BCUT2D eigenvalue weighted by Gasteiger charge is -2.56. The number of hydrogen-bond donors (Lipinski definition) is 1. The van der Waals surface area contributed by atoms with Crippen molar-refractivity contribution in [3.05, 3.63) is 35.5 Å². The van der Waals surface area contributed by atoms with Gasteiger partial charge in [-0.05, 0) is 74.8 Å². The van der Waals surface area contributed by atoms with Crippen molar-refractivity contribution in [3.8, 4) is 0 Å². The second-order valence-electron chi connectivity index (χ2n) is 8.49. The molecular formula is C20H24FN3O. The first-order valence-corrected chi connectivity index (χ1v) is 9.54. The molecule has 2 aromatic heterocycles. The van der Waals surface area contributed by atoms with Gasteiger partial charge in [-0.2, -0.15) is 0 Å². The summed E-state index contributed by atoms with van der Waals surface area (Å²) in [4.78, 5) is 17.7. The van der Waals surface area contributed by atoms with Crippen molar-refractivity contribution >= 4 is 11.6 Å². The highest BCUT2D eigenvalue weighted by Crippen LogP contribution is 2.55. The number of fused-ring (bicyclic) bond motifs is 1. The summed E-state index contributed by atoms with van der Waals surface area (Å²) in [5, 5.41) is 3.39. The summed E-state index contributed by atoms with van der Waals surface area (Å²) in [6, 6.07) is 3.03. The molecule has 4 bridgehead atoms. The molecule has 4 saturated carbocycles. The predicted molar refractivity (Wildman–Crippen MR) is 92.9 cm³/mol. The molecule has 0 spiro atoms. The molecule has 0 aromatic carbocycles. The number of imidazole rings is 1. The van der Waals surface area contributed by atoms with Gasteiger partial charge in [-0.3, -0.25) is 9.20 Å². The summed E-state index contributed by atoms with van der Waals surface area (Å²) in [6.07, 6.45) is 9.39. The van der Waals surface area contributed by atoms with Gasteiger partial charge < -0.3 is 5.32 Å². The minimum atomic E-state index is -0.351. The van der Waals surface area contributed by atoms with Gasteiger partial charge in [-0.25, -0.2) is 9.37 Å². The van der Waals surface area contributed by atoms with Crippen LogP contribution in [-0.2, 0) is 6.42 Å². The lowest BCUT2D eigenvalue weighted by Crippen LogP contribution is -2.60. The van der Waals surface area contributed by atoms with E-state index in [1.165, 1.54) is 31.5 Å². The summed E-state index contributed by atoms with van der Waals surface area (Å²) < 4.78 is 15.3. The average Bonchev–Trinajstić information content (AvgIpc) is 2.90. The zero-order valence-electron chi connectivity index (χ0n) is 14.6. The minimum Gasteiger partial charge on any atom is -0.345 e. The number of aromatic nitrogens is 2. The number of rotatable bonds is 3. The Balaban J connectivity index is 1.51. The first-order chi connectivity index (χ1) is 12.0. The van der Waals surface area contributed by atoms with Crippen LogP contribution in [-0.4, -0.2) is 20.8 Å². The van der Waals surface area contributed by atoms with E-state index >= 15 is 0 Å². The molecule has 0 unspecified atom stereocenters. The van der Waals surface area contributed by atoms with E-state index in [4.69, 9.17) is 0 Å². The van der Waals surface area contributed by atoms with E-state index in [0.29, 0.717) is 17.8 Å². The van der Waals surface area contributed by atoms with Crippen molar-refractivity contribution in [2.75, 3.05) is 0 Å². The highest BCUT2D eigenvalue weighted by molar-refractivity contribution is 5.95. The Morgan fingerprint density at radius 1 is 1.24 bits per heavy atom. The zero-order chi connectivity index (χ0) is 17.2. The summed E-state index contributed by atoms with van der Waals surface area (Å²) in [5.41, 5.74) is 1.84. The van der Waals surface area contributed by atoms with E-state index in [2.05, 4.69) is 10.3 Å². The van der Waals surface area contributed by atoms with Gasteiger partial charge in [0.2, 0.25) is 0 Å². The maximum Gasteiger partial charge on any atom is 0.270 e. The fourth-order valence-electron chi connectivity index (χ4n) is 6.12. The molecule has 6 rings (SSSR count). The number of carbonyl (C=O) groups is 1. The Labute approximate surface area is 146 Å². The zero-order valence-corrected chi connectivity index (χ0v) is 14.6. The average molecular weight is 341 g/mol. The van der Waals surface area contributed by atoms with Crippen molar-refractivity contribution in [1.29, 1.82) is 0 Å².